The van der Waals surface area contributed by atoms with Gasteiger partial charge in [0.15, 0.2) is 0 Å². The van der Waals surface area contributed by atoms with E-state index in [4.69, 9.17) is 11.4 Å². The van der Waals surface area contributed by atoms with Gasteiger partial charge in [0.25, 0.3) is 0 Å². The summed E-state index contributed by atoms with van der Waals surface area (Å²) in [7, 11) is 0. The summed E-state index contributed by atoms with van der Waals surface area (Å²) < 4.78 is 20.5. The largest absolute Gasteiger partial charge is 1.10 e. The lowest BCUT2D eigenvalue weighted by molar-refractivity contribution is 0.0726. The quantitative estimate of drug-likeness (QED) is 0.375. The standard InChI is InChI=1S/2C14H22O.C4H9O.Al/c2*1-13(2,3)10-8-7-9-11(12(10)15)14(4,5)6;1-4(2,3)5;/h2*7-9,15H,1-6H3;1-3H3;/q;;-1;+3/p-2. The number of hydrogen-bond acceptors (Lipinski definition) is 3. The van der Waals surface area contributed by atoms with Gasteiger partial charge in [0.1, 0.15) is 0 Å². The molecular formula is C32H51AlO3. The van der Waals surface area contributed by atoms with Crippen LogP contribution in [-0.2, 0) is 25.4 Å². The number of rotatable bonds is 5. The Morgan fingerprint density at radius 3 is 0.889 bits per heavy atom. The van der Waals surface area contributed by atoms with Crippen LogP contribution >= 0.6 is 0 Å². The molecule has 200 valence electrons. The molecule has 0 aliphatic carbocycles. The molecule has 4 heteroatoms. The van der Waals surface area contributed by atoms with Crippen molar-refractivity contribution in [2.45, 2.75) is 131 Å². The molecule has 3 nitrogen and oxygen atoms in total. The van der Waals surface area contributed by atoms with Gasteiger partial charge in [-0.05, 0) is 64.7 Å². The van der Waals surface area contributed by atoms with Crippen LogP contribution in [0, 0.1) is 0 Å². The van der Waals surface area contributed by atoms with Crippen molar-refractivity contribution in [1.29, 1.82) is 0 Å². The van der Waals surface area contributed by atoms with E-state index >= 15 is 0 Å². The molecule has 0 atom stereocenters. The minimum atomic E-state index is -2.71. The minimum absolute atomic E-state index is 0.0861. The Morgan fingerprint density at radius 1 is 0.444 bits per heavy atom. The molecule has 0 bridgehead atoms. The molecule has 0 N–H and O–H groups in total. The summed E-state index contributed by atoms with van der Waals surface area (Å²) in [5.41, 5.74) is 3.95. The highest BCUT2D eigenvalue weighted by molar-refractivity contribution is 6.39. The lowest BCUT2D eigenvalue weighted by Gasteiger charge is -2.34. The SMILES string of the molecule is CC(C)(C)[O][Al]([O]c1c(C(C)(C)C)cccc1C(C)(C)C)[O]c1c(C(C)(C)C)cccc1C(C)(C)C. The van der Waals surface area contributed by atoms with E-state index in [2.05, 4.69) is 140 Å². The fraction of sp³-hybridized carbons (Fsp3) is 0.625. The number of benzene rings is 2. The van der Waals surface area contributed by atoms with Crippen molar-refractivity contribution in [3.05, 3.63) is 58.7 Å². The Balaban J connectivity index is 2.76. The first kappa shape index (κ1) is 30.8. The van der Waals surface area contributed by atoms with E-state index in [1.807, 2.05) is 0 Å². The maximum atomic E-state index is 6.94. The first-order chi connectivity index (χ1) is 16.0. The normalized spacial score (nSPS) is 13.5. The molecule has 0 radical (unpaired) electrons. The van der Waals surface area contributed by atoms with E-state index in [1.54, 1.807) is 0 Å². The Morgan fingerprint density at radius 2 is 0.694 bits per heavy atom. The number of para-hydroxylation sites is 2. The third-order valence-corrected chi connectivity index (χ3v) is 7.90. The van der Waals surface area contributed by atoms with Crippen molar-refractivity contribution in [3.8, 4) is 11.5 Å². The molecule has 0 saturated heterocycles. The predicted octanol–water partition coefficient (Wildman–Crippen LogP) is 9.13. The lowest BCUT2D eigenvalue weighted by atomic mass is 9.79. The summed E-state index contributed by atoms with van der Waals surface area (Å²) in [6, 6.07) is 13.0. The molecule has 0 saturated carbocycles. The molecule has 0 fully saturated rings. The number of hydrogen-bond donors (Lipinski definition) is 0. The zero-order valence-electron chi connectivity index (χ0n) is 25.8. The fourth-order valence-electron chi connectivity index (χ4n) is 4.24. The molecule has 0 aromatic heterocycles. The molecule has 0 aliphatic heterocycles. The molecular weight excluding hydrogens is 459 g/mol. The van der Waals surface area contributed by atoms with Gasteiger partial charge in [-0.2, -0.15) is 0 Å². The third kappa shape index (κ3) is 8.01. The molecule has 2 rings (SSSR count). The van der Waals surface area contributed by atoms with Crippen LogP contribution in [0.3, 0.4) is 0 Å². The minimum Gasteiger partial charge on any atom is -0.588 e. The van der Waals surface area contributed by atoms with E-state index in [-0.39, 0.29) is 21.7 Å². The maximum Gasteiger partial charge on any atom is 1.10 e. The van der Waals surface area contributed by atoms with E-state index in [0.29, 0.717) is 0 Å². The van der Waals surface area contributed by atoms with Crippen LogP contribution in [0.15, 0.2) is 36.4 Å². The summed E-state index contributed by atoms with van der Waals surface area (Å²) in [6.07, 6.45) is 0. The smallest absolute Gasteiger partial charge is 0.588 e. The van der Waals surface area contributed by atoms with Crippen LogP contribution in [0.5, 0.6) is 11.5 Å². The average molecular weight is 511 g/mol. The highest BCUT2D eigenvalue weighted by Gasteiger charge is 2.47. The van der Waals surface area contributed by atoms with Crippen LogP contribution in [0.4, 0.5) is 0 Å². The van der Waals surface area contributed by atoms with E-state index in [0.717, 1.165) is 11.5 Å². The average Bonchev–Trinajstić information content (AvgIpc) is 2.63. The molecule has 0 unspecified atom stereocenters. The summed E-state index contributed by atoms with van der Waals surface area (Å²) in [4.78, 5) is 0. The molecule has 0 spiro atoms. The van der Waals surface area contributed by atoms with Crippen molar-refractivity contribution in [1.82, 2.24) is 0 Å². The van der Waals surface area contributed by atoms with E-state index < -0.39 is 20.8 Å². The first-order valence-corrected chi connectivity index (χ1v) is 14.7. The van der Waals surface area contributed by atoms with Gasteiger partial charge in [-0.25, -0.2) is 0 Å². The summed E-state index contributed by atoms with van der Waals surface area (Å²) in [5, 5.41) is 0. The first-order valence-electron chi connectivity index (χ1n) is 13.3. The van der Waals surface area contributed by atoms with Crippen molar-refractivity contribution in [3.63, 3.8) is 0 Å². The van der Waals surface area contributed by atoms with Gasteiger partial charge in [0.2, 0.25) is 0 Å². The van der Waals surface area contributed by atoms with Crippen LogP contribution in [0.1, 0.15) is 126 Å². The second kappa shape index (κ2) is 10.4. The molecule has 2 aromatic carbocycles. The Labute approximate surface area is 227 Å². The molecule has 2 aromatic rings. The Kier molecular flexibility index (Phi) is 8.85. The predicted molar refractivity (Wildman–Crippen MR) is 156 cm³/mol. The van der Waals surface area contributed by atoms with Crippen molar-refractivity contribution >= 4 is 15.1 Å². The van der Waals surface area contributed by atoms with Crippen LogP contribution in [0.25, 0.3) is 0 Å². The molecule has 0 aliphatic rings. The molecule has 36 heavy (non-hydrogen) atoms. The fourth-order valence-corrected chi connectivity index (χ4v) is 5.86. The van der Waals surface area contributed by atoms with Gasteiger partial charge < -0.3 is 11.4 Å². The lowest BCUT2D eigenvalue weighted by Crippen LogP contribution is -2.42. The van der Waals surface area contributed by atoms with Crippen LogP contribution in [0.2, 0.25) is 0 Å². The van der Waals surface area contributed by atoms with Gasteiger partial charge in [-0.1, -0.05) is 119 Å². The molecule has 0 heterocycles. The van der Waals surface area contributed by atoms with Gasteiger partial charge in [-0.15, -0.1) is 0 Å². The Bertz CT molecular complexity index is 894. The van der Waals surface area contributed by atoms with Crippen LogP contribution < -0.4 is 7.58 Å². The summed E-state index contributed by atoms with van der Waals surface area (Å²) in [6.45, 7) is 33.0. The van der Waals surface area contributed by atoms with Crippen molar-refractivity contribution in [2.24, 2.45) is 0 Å². The zero-order valence-corrected chi connectivity index (χ0v) is 26.9. The van der Waals surface area contributed by atoms with Gasteiger partial charge in [0, 0.05) is 5.60 Å². The second-order valence-corrected chi connectivity index (χ2v) is 16.4. The summed E-state index contributed by atoms with van der Waals surface area (Å²) >= 11 is -2.71. The molecule has 0 amide bonds. The van der Waals surface area contributed by atoms with E-state index in [9.17, 15) is 0 Å². The maximum absolute atomic E-state index is 6.94. The van der Waals surface area contributed by atoms with Gasteiger partial charge in [0.05, 0.1) is 11.5 Å². The van der Waals surface area contributed by atoms with Gasteiger partial charge >= 0.3 is 15.1 Å². The second-order valence-electron chi connectivity index (χ2n) is 15.1. The highest BCUT2D eigenvalue weighted by Crippen LogP contribution is 2.42. The summed E-state index contributed by atoms with van der Waals surface area (Å²) in [5.74, 6) is 1.81. The monoisotopic (exact) mass is 510 g/mol. The van der Waals surface area contributed by atoms with Crippen LogP contribution in [-0.4, -0.2) is 20.8 Å². The highest BCUT2D eigenvalue weighted by atomic mass is 27.3. The third-order valence-electron chi connectivity index (χ3n) is 6.14. The van der Waals surface area contributed by atoms with Crippen molar-refractivity contribution < 1.29 is 11.4 Å². The van der Waals surface area contributed by atoms with E-state index in [1.165, 1.54) is 22.3 Å². The van der Waals surface area contributed by atoms with Gasteiger partial charge in [-0.3, -0.25) is 0 Å². The zero-order chi connectivity index (χ0) is 27.9. The topological polar surface area (TPSA) is 27.7 Å². The van der Waals surface area contributed by atoms with Crippen molar-refractivity contribution in [2.75, 3.05) is 0 Å². The Hall–Kier alpha value is -1.47.